The van der Waals surface area contributed by atoms with Crippen LogP contribution >= 0.6 is 15.9 Å². The maximum absolute atomic E-state index is 12.0. The maximum atomic E-state index is 12.0. The van der Waals surface area contributed by atoms with E-state index in [1.807, 2.05) is 0 Å². The number of halogens is 1. The van der Waals surface area contributed by atoms with Gasteiger partial charge in [-0.2, -0.15) is 5.10 Å². The Bertz CT molecular complexity index is 1150. The van der Waals surface area contributed by atoms with Gasteiger partial charge < -0.3 is 20.5 Å². The summed E-state index contributed by atoms with van der Waals surface area (Å²) in [6, 6.07) is 6.89. The van der Waals surface area contributed by atoms with Gasteiger partial charge in [0.25, 0.3) is 11.8 Å². The van der Waals surface area contributed by atoms with Crippen molar-refractivity contribution in [3.63, 3.8) is 0 Å². The van der Waals surface area contributed by atoms with Crippen molar-refractivity contribution in [2.24, 2.45) is 5.73 Å². The highest BCUT2D eigenvalue weighted by Crippen LogP contribution is 2.39. The lowest BCUT2D eigenvalue weighted by Gasteiger charge is -2.13. The highest BCUT2D eigenvalue weighted by atomic mass is 79.9. The third kappa shape index (κ3) is 3.83. The second-order valence-corrected chi connectivity index (χ2v) is 7.26. The van der Waals surface area contributed by atoms with E-state index in [9.17, 15) is 9.59 Å². The fourth-order valence-electron chi connectivity index (χ4n) is 3.03. The minimum atomic E-state index is -0.597. The molecule has 0 bridgehead atoms. The number of nitrogens with zero attached hydrogens (tertiary/aromatic N) is 4. The van der Waals surface area contributed by atoms with Gasteiger partial charge in [0, 0.05) is 18.3 Å². The number of fused-ring (bicyclic) bond motifs is 1. The number of carbonyl (C=O) groups is 2. The van der Waals surface area contributed by atoms with Crippen LogP contribution in [-0.4, -0.2) is 51.8 Å². The minimum Gasteiger partial charge on any atom is -0.493 e. The van der Waals surface area contributed by atoms with Crippen molar-refractivity contribution >= 4 is 27.7 Å². The first-order valence-corrected chi connectivity index (χ1v) is 9.74. The van der Waals surface area contributed by atoms with Crippen LogP contribution in [0.1, 0.15) is 10.5 Å². The lowest BCUT2D eigenvalue weighted by Crippen LogP contribution is -2.35. The van der Waals surface area contributed by atoms with Crippen molar-refractivity contribution in [3.05, 3.63) is 40.6 Å². The summed E-state index contributed by atoms with van der Waals surface area (Å²) in [5.74, 6) is 0.422. The molecule has 2 amide bonds. The molecule has 2 aromatic heterocycles. The first-order valence-electron chi connectivity index (χ1n) is 8.94. The standard InChI is InChI=1S/C19H17BrN6O4/c1-29-15-7-10(6-11(20)17(15)30-9-16(21)27)18-22-3-2-12(24-18)13-8-14-19(28)23-4-5-26(14)25-13/h2-3,6-8H,4-5,9H2,1H3,(H2,21,27)(H,23,28). The zero-order valence-electron chi connectivity index (χ0n) is 15.9. The topological polar surface area (TPSA) is 134 Å². The molecule has 0 spiro atoms. The normalized spacial score (nSPS) is 12.8. The van der Waals surface area contributed by atoms with Gasteiger partial charge in [0.15, 0.2) is 23.9 Å². The second-order valence-electron chi connectivity index (χ2n) is 6.40. The summed E-state index contributed by atoms with van der Waals surface area (Å²) in [7, 11) is 1.49. The molecule has 0 saturated heterocycles. The third-order valence-corrected chi connectivity index (χ3v) is 4.98. The van der Waals surface area contributed by atoms with Crippen LogP contribution in [0.2, 0.25) is 0 Å². The number of amides is 2. The summed E-state index contributed by atoms with van der Waals surface area (Å²) in [6.07, 6.45) is 1.62. The van der Waals surface area contributed by atoms with Crippen molar-refractivity contribution < 1.29 is 19.1 Å². The van der Waals surface area contributed by atoms with Crippen LogP contribution in [0.25, 0.3) is 22.8 Å². The van der Waals surface area contributed by atoms with Crippen molar-refractivity contribution in [3.8, 4) is 34.3 Å². The molecule has 0 aliphatic carbocycles. The monoisotopic (exact) mass is 472 g/mol. The van der Waals surface area contributed by atoms with Crippen LogP contribution in [0.3, 0.4) is 0 Å². The molecule has 0 atom stereocenters. The SMILES string of the molecule is COc1cc(-c2nccc(-c3cc4n(n3)CCNC4=O)n2)cc(Br)c1OCC(N)=O. The highest BCUT2D eigenvalue weighted by Gasteiger charge is 2.21. The number of nitrogens with two attached hydrogens (primary N) is 1. The van der Waals surface area contributed by atoms with Crippen molar-refractivity contribution in [2.45, 2.75) is 6.54 Å². The molecule has 11 heteroatoms. The van der Waals surface area contributed by atoms with E-state index in [4.69, 9.17) is 15.2 Å². The average molecular weight is 473 g/mol. The predicted molar refractivity (Wildman–Crippen MR) is 110 cm³/mol. The number of nitrogens with one attached hydrogen (secondary N) is 1. The number of rotatable bonds is 6. The predicted octanol–water partition coefficient (Wildman–Crippen LogP) is 1.39. The highest BCUT2D eigenvalue weighted by molar-refractivity contribution is 9.10. The zero-order chi connectivity index (χ0) is 21.3. The lowest BCUT2D eigenvalue weighted by molar-refractivity contribution is -0.119. The molecule has 0 radical (unpaired) electrons. The molecular weight excluding hydrogens is 456 g/mol. The zero-order valence-corrected chi connectivity index (χ0v) is 17.5. The molecule has 0 fully saturated rings. The van der Waals surface area contributed by atoms with Crippen LogP contribution < -0.4 is 20.5 Å². The number of hydrogen-bond donors (Lipinski definition) is 2. The number of aromatic nitrogens is 4. The van der Waals surface area contributed by atoms with Gasteiger partial charge in [0.2, 0.25) is 0 Å². The van der Waals surface area contributed by atoms with Gasteiger partial charge in [-0.3, -0.25) is 14.3 Å². The number of primary amides is 1. The van der Waals surface area contributed by atoms with Gasteiger partial charge in [0.05, 0.1) is 23.8 Å². The van der Waals surface area contributed by atoms with Crippen molar-refractivity contribution in [1.82, 2.24) is 25.1 Å². The molecule has 1 aromatic carbocycles. The molecule has 1 aliphatic heterocycles. The largest absolute Gasteiger partial charge is 0.493 e. The molecule has 0 saturated carbocycles. The van der Waals surface area contributed by atoms with Crippen molar-refractivity contribution in [2.75, 3.05) is 20.3 Å². The van der Waals surface area contributed by atoms with E-state index in [1.54, 1.807) is 35.1 Å². The van der Waals surface area contributed by atoms with Gasteiger partial charge in [-0.25, -0.2) is 9.97 Å². The molecule has 30 heavy (non-hydrogen) atoms. The van der Waals surface area contributed by atoms with Crippen LogP contribution in [0, 0.1) is 0 Å². The Balaban J connectivity index is 1.70. The van der Waals surface area contributed by atoms with Gasteiger partial charge in [-0.15, -0.1) is 0 Å². The number of benzene rings is 1. The van der Waals surface area contributed by atoms with Gasteiger partial charge in [-0.1, -0.05) is 0 Å². The Morgan fingerprint density at radius 1 is 1.33 bits per heavy atom. The fraction of sp³-hybridized carbons (Fsp3) is 0.211. The first kappa shape index (κ1) is 19.8. The molecule has 3 aromatic rings. The smallest absolute Gasteiger partial charge is 0.269 e. The number of ether oxygens (including phenoxy) is 2. The van der Waals surface area contributed by atoms with Crippen molar-refractivity contribution in [1.29, 1.82) is 0 Å². The van der Waals surface area contributed by atoms with Crippen LogP contribution in [0.15, 0.2) is 34.9 Å². The summed E-state index contributed by atoms with van der Waals surface area (Å²) in [4.78, 5) is 31.9. The summed E-state index contributed by atoms with van der Waals surface area (Å²) < 4.78 is 13.0. The number of carbonyl (C=O) groups excluding carboxylic acids is 2. The quantitative estimate of drug-likeness (QED) is 0.553. The minimum absolute atomic E-state index is 0.158. The first-order chi connectivity index (χ1) is 14.5. The molecule has 3 heterocycles. The number of methoxy groups -OCH3 is 1. The Kier molecular flexibility index (Phi) is 5.36. The van der Waals surface area contributed by atoms with Crippen LogP contribution in [-0.2, 0) is 11.3 Å². The molecule has 154 valence electrons. The van der Waals surface area contributed by atoms with E-state index < -0.39 is 5.91 Å². The van der Waals surface area contributed by atoms with E-state index in [1.165, 1.54) is 7.11 Å². The van der Waals surface area contributed by atoms with E-state index in [0.29, 0.717) is 57.5 Å². The Morgan fingerprint density at radius 3 is 2.90 bits per heavy atom. The van der Waals surface area contributed by atoms with Gasteiger partial charge in [-0.05, 0) is 40.2 Å². The van der Waals surface area contributed by atoms with Crippen LogP contribution in [0.5, 0.6) is 11.5 Å². The summed E-state index contributed by atoms with van der Waals surface area (Å²) in [5.41, 5.74) is 7.47. The number of hydrogen-bond acceptors (Lipinski definition) is 7. The third-order valence-electron chi connectivity index (χ3n) is 4.39. The summed E-state index contributed by atoms with van der Waals surface area (Å²) in [5, 5.41) is 7.27. The molecule has 10 nitrogen and oxygen atoms in total. The average Bonchev–Trinajstić information content (AvgIpc) is 3.18. The Morgan fingerprint density at radius 2 is 2.17 bits per heavy atom. The van der Waals surface area contributed by atoms with Crippen LogP contribution in [0.4, 0.5) is 0 Å². The lowest BCUT2D eigenvalue weighted by atomic mass is 10.1. The maximum Gasteiger partial charge on any atom is 0.269 e. The molecule has 0 unspecified atom stereocenters. The molecule has 3 N–H and O–H groups in total. The van der Waals surface area contributed by atoms with Gasteiger partial charge in [0.1, 0.15) is 11.4 Å². The summed E-state index contributed by atoms with van der Waals surface area (Å²) in [6.45, 7) is 0.870. The molecule has 1 aliphatic rings. The van der Waals surface area contributed by atoms with E-state index in [-0.39, 0.29) is 12.5 Å². The second kappa shape index (κ2) is 8.11. The molecular formula is C19H17BrN6O4. The summed E-state index contributed by atoms with van der Waals surface area (Å²) >= 11 is 3.42. The van der Waals surface area contributed by atoms with E-state index in [2.05, 4.69) is 36.3 Å². The fourth-order valence-corrected chi connectivity index (χ4v) is 3.59. The van der Waals surface area contributed by atoms with E-state index >= 15 is 0 Å². The molecule has 4 rings (SSSR count). The Hall–Kier alpha value is -3.47. The van der Waals surface area contributed by atoms with Gasteiger partial charge >= 0.3 is 0 Å². The van der Waals surface area contributed by atoms with E-state index in [0.717, 1.165) is 0 Å². The Labute approximate surface area is 179 Å².